The Hall–Kier alpha value is -3.11. The van der Waals surface area contributed by atoms with Crippen LogP contribution in [-0.2, 0) is 23.9 Å². The molecule has 1 amide bonds. The highest BCUT2D eigenvalue weighted by molar-refractivity contribution is 7.84. The molecule has 2 saturated carbocycles. The van der Waals surface area contributed by atoms with Gasteiger partial charge in [-0.2, -0.15) is 0 Å². The van der Waals surface area contributed by atoms with E-state index in [0.29, 0.717) is 53.1 Å². The van der Waals surface area contributed by atoms with E-state index in [0.717, 1.165) is 36.1 Å². The van der Waals surface area contributed by atoms with Crippen molar-refractivity contribution in [2.45, 2.75) is 50.9 Å². The van der Waals surface area contributed by atoms with Crippen molar-refractivity contribution >= 4 is 38.8 Å². The number of benzene rings is 1. The number of imidazole rings is 1. The van der Waals surface area contributed by atoms with Gasteiger partial charge >= 0.3 is 0 Å². The summed E-state index contributed by atoms with van der Waals surface area (Å²) in [5, 5.41) is 0.998. The molecule has 2 bridgehead atoms. The van der Waals surface area contributed by atoms with E-state index in [1.54, 1.807) is 18.5 Å². The molecule has 198 valence electrons. The molecule has 2 N–H and O–H groups in total. The normalized spacial score (nSPS) is 23.7. The van der Waals surface area contributed by atoms with Crippen LogP contribution in [0.15, 0.2) is 36.5 Å². The van der Waals surface area contributed by atoms with Gasteiger partial charge in [-0.25, -0.2) is 14.4 Å². The van der Waals surface area contributed by atoms with Crippen LogP contribution in [0.3, 0.4) is 0 Å². The number of piperidine rings is 1. The van der Waals surface area contributed by atoms with Crippen molar-refractivity contribution in [2.24, 2.45) is 17.6 Å². The zero-order valence-corrected chi connectivity index (χ0v) is 22.2. The molecule has 7 rings (SSSR count). The number of pyridine rings is 1. The van der Waals surface area contributed by atoms with Gasteiger partial charge in [0.15, 0.2) is 5.82 Å². The first kappa shape index (κ1) is 24.0. The topological polar surface area (TPSA) is 99.0 Å². The summed E-state index contributed by atoms with van der Waals surface area (Å²) in [7, 11) is -1.06. The number of nitrogens with zero attached hydrogens (tertiary/aromatic N) is 5. The molecule has 4 atom stereocenters. The van der Waals surface area contributed by atoms with Crippen LogP contribution in [0.2, 0.25) is 0 Å². The Labute approximate surface area is 222 Å². The van der Waals surface area contributed by atoms with Crippen molar-refractivity contribution in [3.63, 3.8) is 0 Å². The lowest BCUT2D eigenvalue weighted by atomic mass is 10.1. The van der Waals surface area contributed by atoms with E-state index in [-0.39, 0.29) is 18.0 Å². The van der Waals surface area contributed by atoms with E-state index in [4.69, 9.17) is 10.7 Å². The standard InChI is InChI=1S/C28H31FN6O2S/c1-38(37)10-9-33-25-20(29)11-19(28(36)35-15-18-6-7-22(35)24(18)30)12-21(25)32-27(33)23-13-17-3-2-8-31-26(17)34(23)14-16-4-5-16/h2-3,8,11-13,16,18,22,24H,4-7,9-10,14-15,30H2,1H3/t18-,22-,24-,38+/m1/s1. The van der Waals surface area contributed by atoms with E-state index < -0.39 is 16.6 Å². The van der Waals surface area contributed by atoms with Crippen molar-refractivity contribution in [1.29, 1.82) is 0 Å². The van der Waals surface area contributed by atoms with E-state index in [2.05, 4.69) is 15.6 Å². The molecule has 0 unspecified atom stereocenters. The molecule has 3 aliphatic rings. The Kier molecular flexibility index (Phi) is 5.66. The molecule has 8 nitrogen and oxygen atoms in total. The summed E-state index contributed by atoms with van der Waals surface area (Å²) in [6.45, 7) is 1.80. The molecule has 1 aromatic carbocycles. The fourth-order valence-electron chi connectivity index (χ4n) is 6.44. The smallest absolute Gasteiger partial charge is 0.254 e. The van der Waals surface area contributed by atoms with Gasteiger partial charge in [-0.15, -0.1) is 0 Å². The van der Waals surface area contributed by atoms with Gasteiger partial charge < -0.3 is 19.8 Å². The van der Waals surface area contributed by atoms with Crippen molar-refractivity contribution in [3.8, 4) is 11.5 Å². The van der Waals surface area contributed by atoms with Crippen LogP contribution >= 0.6 is 0 Å². The highest BCUT2D eigenvalue weighted by Gasteiger charge is 2.47. The third-order valence-corrected chi connectivity index (χ3v) is 9.34. The average Bonchev–Trinajstić information content (AvgIpc) is 3.25. The molecule has 4 heterocycles. The molecule has 10 heteroatoms. The number of carbonyl (C=O) groups is 1. The summed E-state index contributed by atoms with van der Waals surface area (Å²) in [5.74, 6) is 1.20. The van der Waals surface area contributed by atoms with Crippen LogP contribution < -0.4 is 5.73 Å². The predicted octanol–water partition coefficient (Wildman–Crippen LogP) is 3.54. The monoisotopic (exact) mass is 534 g/mol. The third kappa shape index (κ3) is 3.88. The van der Waals surface area contributed by atoms with Crippen molar-refractivity contribution in [2.75, 3.05) is 18.6 Å². The minimum Gasteiger partial charge on any atom is -0.334 e. The number of nitrogens with two attached hydrogens (primary N) is 1. The second kappa shape index (κ2) is 8.98. The van der Waals surface area contributed by atoms with Gasteiger partial charge in [0.05, 0.1) is 11.2 Å². The fraction of sp³-hybridized carbons (Fsp3) is 0.464. The first-order valence-corrected chi connectivity index (χ1v) is 15.1. The number of fused-ring (bicyclic) bond motifs is 4. The van der Waals surface area contributed by atoms with Gasteiger partial charge in [0.2, 0.25) is 0 Å². The van der Waals surface area contributed by atoms with Crippen LogP contribution in [0.5, 0.6) is 0 Å². The SMILES string of the molecule is C[S@](=O)CCn1c(-c2cc3cccnc3n2CC2CC2)nc2cc(C(=O)N3C[C@H]4CC[C@@H]3[C@@H]4N)cc(F)c21. The third-order valence-electron chi connectivity index (χ3n) is 8.58. The quantitative estimate of drug-likeness (QED) is 0.391. The number of amides is 1. The molecule has 1 saturated heterocycles. The van der Waals surface area contributed by atoms with Crippen LogP contribution in [0.1, 0.15) is 36.0 Å². The maximum absolute atomic E-state index is 15.8. The molecule has 4 aromatic rings. The number of carbonyl (C=O) groups excluding carboxylic acids is 1. The Bertz CT molecular complexity index is 1610. The number of hydrogen-bond acceptors (Lipinski definition) is 5. The minimum absolute atomic E-state index is 0.00440. The van der Waals surface area contributed by atoms with Gasteiger partial charge in [-0.05, 0) is 67.9 Å². The van der Waals surface area contributed by atoms with Crippen molar-refractivity contribution < 1.29 is 13.4 Å². The number of hydrogen-bond donors (Lipinski definition) is 1. The largest absolute Gasteiger partial charge is 0.334 e. The lowest BCUT2D eigenvalue weighted by molar-refractivity contribution is 0.0700. The average molecular weight is 535 g/mol. The molecule has 0 radical (unpaired) electrons. The maximum atomic E-state index is 15.8. The second-order valence-electron chi connectivity index (χ2n) is 11.1. The minimum atomic E-state index is -1.06. The Morgan fingerprint density at radius 2 is 2.03 bits per heavy atom. The lowest BCUT2D eigenvalue weighted by Crippen LogP contribution is -2.41. The highest BCUT2D eigenvalue weighted by atomic mass is 32.2. The summed E-state index contributed by atoms with van der Waals surface area (Å²) in [5.41, 5.74) is 9.12. The van der Waals surface area contributed by atoms with Crippen LogP contribution in [0.4, 0.5) is 4.39 Å². The fourth-order valence-corrected chi connectivity index (χ4v) is 6.88. The van der Waals surface area contributed by atoms with Gasteiger partial charge in [0.1, 0.15) is 17.0 Å². The van der Waals surface area contributed by atoms with Gasteiger partial charge in [0.25, 0.3) is 5.91 Å². The Balaban J connectivity index is 1.36. The zero-order valence-electron chi connectivity index (χ0n) is 21.3. The van der Waals surface area contributed by atoms with Crippen LogP contribution in [0.25, 0.3) is 33.6 Å². The number of aryl methyl sites for hydroxylation is 1. The first-order valence-electron chi connectivity index (χ1n) is 13.4. The van der Waals surface area contributed by atoms with Gasteiger partial charge in [-0.1, -0.05) is 0 Å². The summed E-state index contributed by atoms with van der Waals surface area (Å²) in [6, 6.07) is 9.03. The molecule has 3 fully saturated rings. The predicted molar refractivity (Wildman–Crippen MR) is 146 cm³/mol. The summed E-state index contributed by atoms with van der Waals surface area (Å²) >= 11 is 0. The summed E-state index contributed by atoms with van der Waals surface area (Å²) < 4.78 is 31.9. The first-order chi connectivity index (χ1) is 18.4. The molecule has 2 aliphatic carbocycles. The van der Waals surface area contributed by atoms with E-state index in [1.807, 2.05) is 21.6 Å². The molecule has 1 aliphatic heterocycles. The molecular formula is C28H31FN6O2S. The number of aromatic nitrogens is 4. The molecule has 38 heavy (non-hydrogen) atoms. The molecule has 0 spiro atoms. The number of likely N-dealkylation sites (tertiary alicyclic amines) is 1. The van der Waals surface area contributed by atoms with Crippen molar-refractivity contribution in [1.82, 2.24) is 24.0 Å². The Morgan fingerprint density at radius 3 is 2.74 bits per heavy atom. The number of rotatable bonds is 7. The number of halogens is 1. The van der Waals surface area contributed by atoms with E-state index in [9.17, 15) is 9.00 Å². The lowest BCUT2D eigenvalue weighted by Gasteiger charge is -2.27. The van der Waals surface area contributed by atoms with Crippen LogP contribution in [0, 0.1) is 17.7 Å². The highest BCUT2D eigenvalue weighted by Crippen LogP contribution is 2.39. The molecule has 3 aromatic heterocycles. The molecular weight excluding hydrogens is 503 g/mol. The van der Waals surface area contributed by atoms with E-state index in [1.165, 1.54) is 18.9 Å². The second-order valence-corrected chi connectivity index (χ2v) is 12.7. The van der Waals surface area contributed by atoms with E-state index >= 15 is 4.39 Å². The maximum Gasteiger partial charge on any atom is 0.254 e. The van der Waals surface area contributed by atoms with Crippen LogP contribution in [-0.4, -0.2) is 64.8 Å². The summed E-state index contributed by atoms with van der Waals surface area (Å²) in [6.07, 6.45) is 7.73. The zero-order chi connectivity index (χ0) is 26.1. The summed E-state index contributed by atoms with van der Waals surface area (Å²) in [4.78, 5) is 24.8. The van der Waals surface area contributed by atoms with Gasteiger partial charge in [-0.3, -0.25) is 9.00 Å². The van der Waals surface area contributed by atoms with Gasteiger partial charge in [0, 0.05) is 71.7 Å². The van der Waals surface area contributed by atoms with Crippen molar-refractivity contribution in [3.05, 3.63) is 47.9 Å². The Morgan fingerprint density at radius 1 is 1.18 bits per heavy atom.